The summed E-state index contributed by atoms with van der Waals surface area (Å²) in [6, 6.07) is 11.3. The van der Waals surface area contributed by atoms with E-state index in [1.165, 1.54) is 12.1 Å². The van der Waals surface area contributed by atoms with Crippen molar-refractivity contribution < 1.29 is 28.2 Å². The summed E-state index contributed by atoms with van der Waals surface area (Å²) in [6.07, 6.45) is 0. The van der Waals surface area contributed by atoms with Gasteiger partial charge in [-0.3, -0.25) is 14.4 Å². The number of hydrogen-bond acceptors (Lipinski definition) is 5. The Labute approximate surface area is 149 Å². The van der Waals surface area contributed by atoms with Gasteiger partial charge in [-0.25, -0.2) is 4.39 Å². The molecule has 26 heavy (non-hydrogen) atoms. The SMILES string of the molecule is CCOc1ccc(C(=O)COC(=O)CNC(=O)c2ccc(F)cc2)cc1. The molecule has 0 saturated heterocycles. The highest BCUT2D eigenvalue weighted by atomic mass is 19.1. The fourth-order valence-corrected chi connectivity index (χ4v) is 2.04. The molecular formula is C19H18FNO5. The van der Waals surface area contributed by atoms with Gasteiger partial charge in [0.25, 0.3) is 5.91 Å². The second-order valence-corrected chi connectivity index (χ2v) is 5.23. The lowest BCUT2D eigenvalue weighted by Gasteiger charge is -2.07. The summed E-state index contributed by atoms with van der Waals surface area (Å²) in [5.41, 5.74) is 0.598. The van der Waals surface area contributed by atoms with E-state index in [4.69, 9.17) is 9.47 Å². The number of halogens is 1. The summed E-state index contributed by atoms with van der Waals surface area (Å²) in [7, 11) is 0. The highest BCUT2D eigenvalue weighted by molar-refractivity contribution is 5.98. The summed E-state index contributed by atoms with van der Waals surface area (Å²) in [4.78, 5) is 35.4. The molecular weight excluding hydrogens is 341 g/mol. The van der Waals surface area contributed by atoms with E-state index < -0.39 is 30.8 Å². The lowest BCUT2D eigenvalue weighted by Crippen LogP contribution is -2.31. The molecule has 0 aliphatic heterocycles. The molecule has 0 unspecified atom stereocenters. The van der Waals surface area contributed by atoms with E-state index >= 15 is 0 Å². The number of hydrogen-bond donors (Lipinski definition) is 1. The van der Waals surface area contributed by atoms with Crippen molar-refractivity contribution in [3.63, 3.8) is 0 Å². The van der Waals surface area contributed by atoms with Crippen LogP contribution < -0.4 is 10.1 Å². The maximum absolute atomic E-state index is 12.8. The maximum Gasteiger partial charge on any atom is 0.325 e. The van der Waals surface area contributed by atoms with Gasteiger partial charge in [0.2, 0.25) is 0 Å². The minimum absolute atomic E-state index is 0.213. The summed E-state index contributed by atoms with van der Waals surface area (Å²) in [5, 5.41) is 2.34. The Hall–Kier alpha value is -3.22. The standard InChI is InChI=1S/C19H18FNO5/c1-2-25-16-9-5-13(6-10-16)17(22)12-26-18(23)11-21-19(24)14-3-7-15(20)8-4-14/h3-10H,2,11-12H2,1H3,(H,21,24). The van der Waals surface area contributed by atoms with Gasteiger partial charge in [0.05, 0.1) is 6.61 Å². The second kappa shape index (κ2) is 9.31. The van der Waals surface area contributed by atoms with Gasteiger partial charge >= 0.3 is 5.97 Å². The highest BCUT2D eigenvalue weighted by Crippen LogP contribution is 2.12. The number of ether oxygens (including phenoxy) is 2. The van der Waals surface area contributed by atoms with Crippen LogP contribution in [0.1, 0.15) is 27.6 Å². The number of Topliss-reactive ketones (excluding diaryl/α,β-unsaturated/α-hetero) is 1. The summed E-state index contributed by atoms with van der Waals surface area (Å²) < 4.78 is 22.9. The Balaban J connectivity index is 1.76. The van der Waals surface area contributed by atoms with Gasteiger partial charge in [-0.2, -0.15) is 0 Å². The average molecular weight is 359 g/mol. The molecule has 0 heterocycles. The first-order chi connectivity index (χ1) is 12.5. The van der Waals surface area contributed by atoms with Crippen molar-refractivity contribution in [2.24, 2.45) is 0 Å². The molecule has 1 amide bonds. The van der Waals surface area contributed by atoms with Crippen molar-refractivity contribution in [2.45, 2.75) is 6.92 Å². The van der Waals surface area contributed by atoms with Gasteiger partial charge in [0.15, 0.2) is 12.4 Å². The molecule has 0 fully saturated rings. The molecule has 2 aromatic rings. The molecule has 2 aromatic carbocycles. The van der Waals surface area contributed by atoms with Crippen LogP contribution in [-0.4, -0.2) is 37.4 Å². The quantitative estimate of drug-likeness (QED) is 0.578. The molecule has 0 bridgehead atoms. The monoisotopic (exact) mass is 359 g/mol. The van der Waals surface area contributed by atoms with Gasteiger partial charge < -0.3 is 14.8 Å². The Morgan fingerprint density at radius 3 is 2.19 bits per heavy atom. The largest absolute Gasteiger partial charge is 0.494 e. The van der Waals surface area contributed by atoms with Gasteiger partial charge in [-0.15, -0.1) is 0 Å². The molecule has 6 nitrogen and oxygen atoms in total. The molecule has 0 aliphatic rings. The van der Waals surface area contributed by atoms with Gasteiger partial charge in [0, 0.05) is 11.1 Å². The third-order valence-corrected chi connectivity index (χ3v) is 3.35. The predicted octanol–water partition coefficient (Wildman–Crippen LogP) is 2.38. The number of nitrogens with one attached hydrogen (secondary N) is 1. The van der Waals surface area contributed by atoms with E-state index in [1.54, 1.807) is 24.3 Å². The fraction of sp³-hybridized carbons (Fsp3) is 0.211. The number of esters is 1. The number of carbonyl (C=O) groups excluding carboxylic acids is 3. The third kappa shape index (κ3) is 5.70. The van der Waals surface area contributed by atoms with E-state index in [0.717, 1.165) is 12.1 Å². The van der Waals surface area contributed by atoms with Gasteiger partial charge in [-0.05, 0) is 55.5 Å². The maximum atomic E-state index is 12.8. The fourth-order valence-electron chi connectivity index (χ4n) is 2.04. The zero-order valence-electron chi connectivity index (χ0n) is 14.2. The first-order valence-corrected chi connectivity index (χ1v) is 7.95. The Kier molecular flexibility index (Phi) is 6.84. The highest BCUT2D eigenvalue weighted by Gasteiger charge is 2.12. The molecule has 0 saturated carbocycles. The van der Waals surface area contributed by atoms with Crippen molar-refractivity contribution in [3.05, 3.63) is 65.5 Å². The molecule has 0 radical (unpaired) electrons. The average Bonchev–Trinajstić information content (AvgIpc) is 2.65. The lowest BCUT2D eigenvalue weighted by atomic mass is 10.1. The van der Waals surface area contributed by atoms with Crippen LogP contribution in [0.2, 0.25) is 0 Å². The summed E-state index contributed by atoms with van der Waals surface area (Å²) in [5.74, 6) is -1.48. The number of ketones is 1. The van der Waals surface area contributed by atoms with Crippen LogP contribution in [0.15, 0.2) is 48.5 Å². The van der Waals surface area contributed by atoms with Crippen LogP contribution in [0.4, 0.5) is 4.39 Å². The van der Waals surface area contributed by atoms with Crippen LogP contribution in [0.25, 0.3) is 0 Å². The third-order valence-electron chi connectivity index (χ3n) is 3.35. The Morgan fingerprint density at radius 1 is 0.962 bits per heavy atom. The minimum atomic E-state index is -0.750. The van der Waals surface area contributed by atoms with Crippen molar-refractivity contribution in [2.75, 3.05) is 19.8 Å². The first kappa shape index (κ1) is 19.1. The van der Waals surface area contributed by atoms with Crippen LogP contribution in [0.5, 0.6) is 5.75 Å². The Morgan fingerprint density at radius 2 is 1.58 bits per heavy atom. The normalized spacial score (nSPS) is 10.1. The van der Waals surface area contributed by atoms with E-state index in [2.05, 4.69) is 5.32 Å². The van der Waals surface area contributed by atoms with E-state index in [0.29, 0.717) is 17.9 Å². The zero-order valence-corrected chi connectivity index (χ0v) is 14.2. The van der Waals surface area contributed by atoms with E-state index in [9.17, 15) is 18.8 Å². The zero-order chi connectivity index (χ0) is 18.9. The molecule has 2 rings (SSSR count). The van der Waals surface area contributed by atoms with E-state index in [1.807, 2.05) is 6.92 Å². The van der Waals surface area contributed by atoms with Crippen molar-refractivity contribution in [1.29, 1.82) is 0 Å². The molecule has 136 valence electrons. The second-order valence-electron chi connectivity index (χ2n) is 5.23. The van der Waals surface area contributed by atoms with Gasteiger partial charge in [-0.1, -0.05) is 0 Å². The molecule has 0 aromatic heterocycles. The Bertz CT molecular complexity index is 772. The number of benzene rings is 2. The molecule has 1 N–H and O–H groups in total. The van der Waals surface area contributed by atoms with Crippen LogP contribution >= 0.6 is 0 Å². The van der Waals surface area contributed by atoms with Crippen molar-refractivity contribution in [1.82, 2.24) is 5.32 Å². The lowest BCUT2D eigenvalue weighted by molar-refractivity contribution is -0.141. The first-order valence-electron chi connectivity index (χ1n) is 7.95. The number of rotatable bonds is 8. The van der Waals surface area contributed by atoms with E-state index in [-0.39, 0.29) is 11.3 Å². The summed E-state index contributed by atoms with van der Waals surface area (Å²) >= 11 is 0. The van der Waals surface area contributed by atoms with Gasteiger partial charge in [0.1, 0.15) is 18.1 Å². The minimum Gasteiger partial charge on any atom is -0.494 e. The molecule has 0 aliphatic carbocycles. The van der Waals surface area contributed by atoms with Crippen molar-refractivity contribution in [3.8, 4) is 5.75 Å². The summed E-state index contributed by atoms with van der Waals surface area (Å²) in [6.45, 7) is 1.55. The molecule has 0 spiro atoms. The number of amides is 1. The smallest absolute Gasteiger partial charge is 0.325 e. The predicted molar refractivity (Wildman–Crippen MR) is 91.6 cm³/mol. The van der Waals surface area contributed by atoms with Crippen LogP contribution in [-0.2, 0) is 9.53 Å². The molecule has 7 heteroatoms. The topological polar surface area (TPSA) is 81.7 Å². The molecule has 0 atom stereocenters. The number of carbonyl (C=O) groups is 3. The van der Waals surface area contributed by atoms with Crippen LogP contribution in [0, 0.1) is 5.82 Å². The van der Waals surface area contributed by atoms with Crippen LogP contribution in [0.3, 0.4) is 0 Å². The van der Waals surface area contributed by atoms with Crippen molar-refractivity contribution >= 4 is 17.7 Å².